The first-order valence-electron chi connectivity index (χ1n) is 5.37. The summed E-state index contributed by atoms with van der Waals surface area (Å²) in [7, 11) is 0. The molecule has 0 aliphatic heterocycles. The third kappa shape index (κ3) is 3.17. The summed E-state index contributed by atoms with van der Waals surface area (Å²) in [6.07, 6.45) is 0. The number of carbonyl (C=O) groups excluding carboxylic acids is 1. The molecule has 94 valence electrons. The fourth-order valence-electron chi connectivity index (χ4n) is 1.53. The van der Waals surface area contributed by atoms with Crippen molar-refractivity contribution in [3.05, 3.63) is 29.6 Å². The van der Waals surface area contributed by atoms with Crippen LogP contribution in [0, 0.1) is 5.82 Å². The van der Waals surface area contributed by atoms with Crippen LogP contribution in [0.25, 0.3) is 0 Å². The Morgan fingerprint density at radius 3 is 2.59 bits per heavy atom. The van der Waals surface area contributed by atoms with Crippen LogP contribution in [-0.2, 0) is 0 Å². The van der Waals surface area contributed by atoms with Gasteiger partial charge in [-0.15, -0.1) is 0 Å². The van der Waals surface area contributed by atoms with Gasteiger partial charge in [0, 0.05) is 18.7 Å². The predicted molar refractivity (Wildman–Crippen MR) is 61.3 cm³/mol. The van der Waals surface area contributed by atoms with Crippen molar-refractivity contribution in [1.29, 1.82) is 0 Å². The number of halogens is 1. The number of aliphatic hydroxyl groups excluding tert-OH is 1. The van der Waals surface area contributed by atoms with Crippen molar-refractivity contribution < 1.29 is 19.4 Å². The van der Waals surface area contributed by atoms with Gasteiger partial charge in [-0.2, -0.15) is 0 Å². The van der Waals surface area contributed by atoms with Crippen LogP contribution >= 0.6 is 0 Å². The second-order valence-corrected chi connectivity index (χ2v) is 3.98. The third-order valence-electron chi connectivity index (χ3n) is 2.41. The molecular formula is C12H16FNO3. The molecule has 0 radical (unpaired) electrons. The van der Waals surface area contributed by atoms with Gasteiger partial charge in [-0.05, 0) is 26.0 Å². The molecule has 0 fully saturated rings. The zero-order valence-corrected chi connectivity index (χ0v) is 9.85. The number of rotatable bonds is 4. The van der Waals surface area contributed by atoms with E-state index in [9.17, 15) is 9.18 Å². The van der Waals surface area contributed by atoms with Crippen LogP contribution < -0.4 is 0 Å². The normalized spacial score (nSPS) is 10.6. The van der Waals surface area contributed by atoms with Crippen molar-refractivity contribution in [2.75, 3.05) is 13.2 Å². The van der Waals surface area contributed by atoms with Crippen molar-refractivity contribution in [2.24, 2.45) is 0 Å². The minimum absolute atomic E-state index is 0.107. The summed E-state index contributed by atoms with van der Waals surface area (Å²) < 4.78 is 13.5. The van der Waals surface area contributed by atoms with Gasteiger partial charge in [-0.1, -0.05) is 0 Å². The molecule has 0 aliphatic rings. The molecule has 0 aliphatic carbocycles. The number of nitrogens with zero attached hydrogens (tertiary/aromatic N) is 1. The quantitative estimate of drug-likeness (QED) is 0.837. The van der Waals surface area contributed by atoms with Crippen LogP contribution in [0.2, 0.25) is 0 Å². The number of phenols is 1. The first-order chi connectivity index (χ1) is 7.97. The van der Waals surface area contributed by atoms with E-state index in [1.54, 1.807) is 13.8 Å². The van der Waals surface area contributed by atoms with E-state index in [1.807, 2.05) is 0 Å². The molecule has 0 spiro atoms. The van der Waals surface area contributed by atoms with Crippen LogP contribution in [0.4, 0.5) is 4.39 Å². The smallest absolute Gasteiger partial charge is 0.257 e. The van der Waals surface area contributed by atoms with Gasteiger partial charge >= 0.3 is 0 Å². The van der Waals surface area contributed by atoms with E-state index < -0.39 is 11.7 Å². The Hall–Kier alpha value is -1.62. The zero-order valence-electron chi connectivity index (χ0n) is 9.85. The average molecular weight is 241 g/mol. The maximum Gasteiger partial charge on any atom is 0.257 e. The lowest BCUT2D eigenvalue weighted by molar-refractivity contribution is 0.0660. The Labute approximate surface area is 99.3 Å². The summed E-state index contributed by atoms with van der Waals surface area (Å²) in [4.78, 5) is 13.4. The number of aliphatic hydroxyl groups is 1. The molecule has 2 N–H and O–H groups in total. The molecule has 0 unspecified atom stereocenters. The summed E-state index contributed by atoms with van der Waals surface area (Å²) >= 11 is 0. The fourth-order valence-corrected chi connectivity index (χ4v) is 1.53. The molecule has 0 bridgehead atoms. The largest absolute Gasteiger partial charge is 0.508 e. The molecule has 1 rings (SSSR count). The molecule has 0 atom stereocenters. The van der Waals surface area contributed by atoms with Crippen LogP contribution in [-0.4, -0.2) is 40.2 Å². The fraction of sp³-hybridized carbons (Fsp3) is 0.417. The highest BCUT2D eigenvalue weighted by Gasteiger charge is 2.21. The number of hydrogen-bond acceptors (Lipinski definition) is 3. The number of phenolic OH excluding ortho intramolecular Hbond substituents is 1. The van der Waals surface area contributed by atoms with E-state index in [-0.39, 0.29) is 30.5 Å². The molecule has 5 heteroatoms. The van der Waals surface area contributed by atoms with E-state index >= 15 is 0 Å². The number of amides is 1. The highest BCUT2D eigenvalue weighted by Crippen LogP contribution is 2.17. The van der Waals surface area contributed by atoms with Gasteiger partial charge in [-0.3, -0.25) is 4.79 Å². The molecule has 0 heterocycles. The minimum atomic E-state index is -0.765. The van der Waals surface area contributed by atoms with E-state index in [0.717, 1.165) is 6.07 Å². The van der Waals surface area contributed by atoms with E-state index in [4.69, 9.17) is 10.2 Å². The molecule has 4 nitrogen and oxygen atoms in total. The zero-order chi connectivity index (χ0) is 13.0. The molecule has 0 aromatic heterocycles. The second kappa shape index (κ2) is 5.63. The molecule has 1 aromatic carbocycles. The number of benzene rings is 1. The second-order valence-electron chi connectivity index (χ2n) is 3.98. The maximum atomic E-state index is 13.5. The number of carbonyl (C=O) groups is 1. The lowest BCUT2D eigenvalue weighted by Gasteiger charge is -2.26. The highest BCUT2D eigenvalue weighted by atomic mass is 19.1. The van der Waals surface area contributed by atoms with Crippen LogP contribution in [0.1, 0.15) is 24.2 Å². The topological polar surface area (TPSA) is 60.8 Å². The maximum absolute atomic E-state index is 13.5. The Bertz CT molecular complexity index is 407. The Morgan fingerprint density at radius 1 is 1.47 bits per heavy atom. The standard InChI is InChI=1S/C12H16FNO3/c1-8(2)14(5-6-15)12(17)10-4-3-9(16)7-11(10)13/h3-4,7-8,15-16H,5-6H2,1-2H3. The van der Waals surface area contributed by atoms with Crippen LogP contribution in [0.3, 0.4) is 0 Å². The van der Waals surface area contributed by atoms with Crippen molar-refractivity contribution in [3.8, 4) is 5.75 Å². The Morgan fingerprint density at radius 2 is 2.12 bits per heavy atom. The minimum Gasteiger partial charge on any atom is -0.508 e. The molecular weight excluding hydrogens is 225 g/mol. The van der Waals surface area contributed by atoms with E-state index in [2.05, 4.69) is 0 Å². The molecule has 1 aromatic rings. The van der Waals surface area contributed by atoms with Crippen molar-refractivity contribution in [1.82, 2.24) is 4.90 Å². The van der Waals surface area contributed by atoms with Gasteiger partial charge < -0.3 is 15.1 Å². The lowest BCUT2D eigenvalue weighted by atomic mass is 10.1. The van der Waals surface area contributed by atoms with Crippen molar-refractivity contribution in [2.45, 2.75) is 19.9 Å². The number of aromatic hydroxyl groups is 1. The van der Waals surface area contributed by atoms with Crippen LogP contribution in [0.15, 0.2) is 18.2 Å². The summed E-state index contributed by atoms with van der Waals surface area (Å²) in [5.41, 5.74) is -0.107. The third-order valence-corrected chi connectivity index (χ3v) is 2.41. The van der Waals surface area contributed by atoms with Gasteiger partial charge in [-0.25, -0.2) is 4.39 Å². The van der Waals surface area contributed by atoms with Gasteiger partial charge in [0.1, 0.15) is 11.6 Å². The summed E-state index contributed by atoms with van der Waals surface area (Å²) in [5, 5.41) is 17.9. The molecule has 0 saturated carbocycles. The predicted octanol–water partition coefficient (Wildman–Crippen LogP) is 1.37. The Balaban J connectivity index is 3.01. The monoisotopic (exact) mass is 241 g/mol. The Kier molecular flexibility index (Phi) is 4.45. The summed E-state index contributed by atoms with van der Waals surface area (Å²) in [6.45, 7) is 3.54. The SMILES string of the molecule is CC(C)N(CCO)C(=O)c1ccc(O)cc1F. The molecule has 1 amide bonds. The van der Waals surface area contributed by atoms with Gasteiger partial charge in [0.05, 0.1) is 12.2 Å². The lowest BCUT2D eigenvalue weighted by Crippen LogP contribution is -2.39. The first kappa shape index (κ1) is 13.4. The molecule has 17 heavy (non-hydrogen) atoms. The van der Waals surface area contributed by atoms with Gasteiger partial charge in [0.2, 0.25) is 0 Å². The van der Waals surface area contributed by atoms with Gasteiger partial charge in [0.25, 0.3) is 5.91 Å². The summed E-state index contributed by atoms with van der Waals surface area (Å²) in [6, 6.07) is 3.25. The number of hydrogen-bond donors (Lipinski definition) is 2. The highest BCUT2D eigenvalue weighted by molar-refractivity contribution is 5.94. The molecule has 0 saturated heterocycles. The van der Waals surface area contributed by atoms with Gasteiger partial charge in [0.15, 0.2) is 0 Å². The van der Waals surface area contributed by atoms with E-state index in [0.29, 0.717) is 0 Å². The van der Waals surface area contributed by atoms with Crippen LogP contribution in [0.5, 0.6) is 5.75 Å². The summed E-state index contributed by atoms with van der Waals surface area (Å²) in [5.74, 6) is -1.48. The van der Waals surface area contributed by atoms with E-state index in [1.165, 1.54) is 17.0 Å². The first-order valence-corrected chi connectivity index (χ1v) is 5.37. The average Bonchev–Trinajstić information content (AvgIpc) is 2.24. The van der Waals surface area contributed by atoms with Crippen molar-refractivity contribution in [3.63, 3.8) is 0 Å². The van der Waals surface area contributed by atoms with Crippen molar-refractivity contribution >= 4 is 5.91 Å².